The fraction of sp³-hybridized carbons (Fsp3) is 0.852. The van der Waals surface area contributed by atoms with Crippen molar-refractivity contribution < 1.29 is 24.2 Å². The third-order valence-corrected chi connectivity index (χ3v) is 12.7. The van der Waals surface area contributed by atoms with E-state index in [1.165, 1.54) is 25.7 Å². The van der Waals surface area contributed by atoms with Crippen LogP contribution < -0.4 is 0 Å². The van der Waals surface area contributed by atoms with Crippen molar-refractivity contribution >= 4 is 20.1 Å². The maximum Gasteiger partial charge on any atom is 0.303 e. The molecule has 2 N–H and O–H groups in total. The molecule has 1 unspecified atom stereocenters. The number of Topliss-reactive ketones (excluding diaryl/α,β-unsaturated/α-hetero) is 1. The summed E-state index contributed by atoms with van der Waals surface area (Å²) in [6.07, 6.45) is 14.2. The Hall–Kier alpha value is -0.983. The van der Waals surface area contributed by atoms with Crippen LogP contribution in [0.4, 0.5) is 0 Å². The topological polar surface area (TPSA) is 83.8 Å². The molecule has 2 fully saturated rings. The van der Waals surface area contributed by atoms with E-state index >= 15 is 0 Å². The number of hydrogen-bond donors (Lipinski definition) is 2. The van der Waals surface area contributed by atoms with Crippen LogP contribution in [0.25, 0.3) is 0 Å². The van der Waals surface area contributed by atoms with Gasteiger partial charge in [0.2, 0.25) is 0 Å². The van der Waals surface area contributed by atoms with E-state index in [1.807, 2.05) is 6.08 Å². The van der Waals surface area contributed by atoms with Gasteiger partial charge in [0, 0.05) is 24.7 Å². The van der Waals surface area contributed by atoms with Gasteiger partial charge in [-0.3, -0.25) is 9.59 Å². The van der Waals surface area contributed by atoms with Crippen LogP contribution in [0.1, 0.15) is 97.8 Å². The van der Waals surface area contributed by atoms with Gasteiger partial charge in [-0.05, 0) is 43.3 Å². The van der Waals surface area contributed by atoms with Crippen molar-refractivity contribution in [1.29, 1.82) is 0 Å². The minimum absolute atomic E-state index is 0.0175. The predicted molar refractivity (Wildman–Crippen MR) is 136 cm³/mol. The summed E-state index contributed by atoms with van der Waals surface area (Å²) in [7, 11) is -2.02. The summed E-state index contributed by atoms with van der Waals surface area (Å²) in [5.74, 6) is 0.117. The number of carboxylic acids is 1. The van der Waals surface area contributed by atoms with Gasteiger partial charge in [-0.2, -0.15) is 0 Å². The second-order valence-electron chi connectivity index (χ2n) is 12.0. The molecular weight excluding hydrogens is 432 g/mol. The molecule has 0 amide bonds. The largest absolute Gasteiger partial charge is 0.481 e. The highest BCUT2D eigenvalue weighted by Gasteiger charge is 2.46. The molecule has 0 aromatic rings. The van der Waals surface area contributed by atoms with Gasteiger partial charge in [0.25, 0.3) is 0 Å². The van der Waals surface area contributed by atoms with Crippen molar-refractivity contribution in [1.82, 2.24) is 0 Å². The second kappa shape index (κ2) is 12.6. The van der Waals surface area contributed by atoms with E-state index in [4.69, 9.17) is 9.53 Å². The summed E-state index contributed by atoms with van der Waals surface area (Å²) in [5, 5.41) is 19.5. The molecule has 6 heteroatoms. The molecule has 0 radical (unpaired) electrons. The smallest absolute Gasteiger partial charge is 0.303 e. The Labute approximate surface area is 202 Å². The van der Waals surface area contributed by atoms with E-state index in [2.05, 4.69) is 39.9 Å². The number of carbonyl (C=O) groups excluding carboxylic acids is 1. The number of carboxylic acid groups (broad SMARTS) is 1. The van der Waals surface area contributed by atoms with Crippen molar-refractivity contribution in [2.24, 2.45) is 17.8 Å². The van der Waals surface area contributed by atoms with Crippen LogP contribution in [-0.4, -0.2) is 42.5 Å². The first kappa shape index (κ1) is 28.3. The van der Waals surface area contributed by atoms with Gasteiger partial charge >= 0.3 is 5.97 Å². The number of unbranched alkanes of at least 4 members (excludes halogenated alkanes) is 3. The molecule has 0 spiro atoms. The fourth-order valence-electron chi connectivity index (χ4n) is 5.16. The molecule has 2 saturated carbocycles. The molecule has 2 rings (SSSR count). The Morgan fingerprint density at radius 3 is 2.39 bits per heavy atom. The molecular formula is C27H48O5Si. The number of carbonyl (C=O) groups is 2. The first-order valence-electron chi connectivity index (χ1n) is 13.2. The van der Waals surface area contributed by atoms with Crippen molar-refractivity contribution in [2.45, 2.75) is 128 Å². The lowest BCUT2D eigenvalue weighted by Gasteiger charge is -2.39. The normalized spacial score (nSPS) is 25.9. The van der Waals surface area contributed by atoms with E-state index in [0.29, 0.717) is 18.8 Å². The molecule has 190 valence electrons. The van der Waals surface area contributed by atoms with Gasteiger partial charge in [0.15, 0.2) is 8.32 Å². The summed E-state index contributed by atoms with van der Waals surface area (Å²) in [4.78, 5) is 23.7. The molecule has 0 aromatic heterocycles. The number of aliphatic carboxylic acids is 1. The number of aliphatic hydroxyl groups excluding tert-OH is 1. The van der Waals surface area contributed by atoms with Gasteiger partial charge in [0.05, 0.1) is 12.2 Å². The van der Waals surface area contributed by atoms with E-state index < -0.39 is 20.4 Å². The van der Waals surface area contributed by atoms with Crippen LogP contribution in [0, 0.1) is 17.8 Å². The number of aliphatic hydroxyl groups is 1. The van der Waals surface area contributed by atoms with Crippen molar-refractivity contribution in [3.05, 3.63) is 12.2 Å². The SMILES string of the molecule is CC(C)(C)[Si](C)(C)O[C@@H]1CC(=O)[C@H](CCCCCCC(=O)O)[C@H]1C=CC(O)CC1CCCC1. The lowest BCUT2D eigenvalue weighted by Crippen LogP contribution is -2.45. The molecule has 2 aliphatic rings. The van der Waals surface area contributed by atoms with Gasteiger partial charge in [0.1, 0.15) is 5.78 Å². The highest BCUT2D eigenvalue weighted by atomic mass is 28.4. The lowest BCUT2D eigenvalue weighted by atomic mass is 9.88. The first-order chi connectivity index (χ1) is 15.4. The average Bonchev–Trinajstić information content (AvgIpc) is 3.29. The fourth-order valence-corrected chi connectivity index (χ4v) is 6.51. The van der Waals surface area contributed by atoms with Crippen LogP contribution >= 0.6 is 0 Å². The Morgan fingerprint density at radius 1 is 1.15 bits per heavy atom. The lowest BCUT2D eigenvalue weighted by molar-refractivity contribution is -0.137. The molecule has 0 saturated heterocycles. The maximum absolute atomic E-state index is 13.0. The van der Waals surface area contributed by atoms with E-state index in [-0.39, 0.29) is 35.2 Å². The van der Waals surface area contributed by atoms with Crippen LogP contribution in [0.2, 0.25) is 18.1 Å². The van der Waals surface area contributed by atoms with Gasteiger partial charge in [-0.25, -0.2) is 0 Å². The van der Waals surface area contributed by atoms with Crippen molar-refractivity contribution in [2.75, 3.05) is 0 Å². The number of rotatable bonds is 13. The summed E-state index contributed by atoms with van der Waals surface area (Å²) in [6, 6.07) is 0. The van der Waals surface area contributed by atoms with E-state index in [0.717, 1.165) is 32.1 Å². The zero-order valence-corrected chi connectivity index (χ0v) is 22.6. The van der Waals surface area contributed by atoms with Crippen molar-refractivity contribution in [3.8, 4) is 0 Å². The van der Waals surface area contributed by atoms with Gasteiger partial charge < -0.3 is 14.6 Å². The molecule has 2 aliphatic carbocycles. The Bertz CT molecular complexity index is 660. The number of ketones is 1. The van der Waals surface area contributed by atoms with Crippen LogP contribution in [0.3, 0.4) is 0 Å². The Kier molecular flexibility index (Phi) is 10.8. The molecule has 0 aliphatic heterocycles. The zero-order chi connectivity index (χ0) is 24.6. The minimum atomic E-state index is -2.02. The first-order valence-corrected chi connectivity index (χ1v) is 16.1. The quantitative estimate of drug-likeness (QED) is 0.178. The van der Waals surface area contributed by atoms with Crippen LogP contribution in [0.5, 0.6) is 0 Å². The van der Waals surface area contributed by atoms with Crippen LogP contribution in [-0.2, 0) is 14.0 Å². The predicted octanol–water partition coefficient (Wildman–Crippen LogP) is 6.50. The zero-order valence-electron chi connectivity index (χ0n) is 21.6. The molecule has 0 aromatic carbocycles. The van der Waals surface area contributed by atoms with E-state index in [9.17, 15) is 14.7 Å². The molecule has 5 nitrogen and oxygen atoms in total. The standard InChI is InChI=1S/C27H48O5Si/c1-27(2,3)33(4,5)32-25-19-24(29)22(14-8-6-7-9-15-26(30)31)23(25)17-16-21(28)18-20-12-10-11-13-20/h16-17,20-23,25,28H,6-15,18-19H2,1-5H3,(H,30,31)/t21?,22-,23-,25-/m1/s1. The Morgan fingerprint density at radius 2 is 1.79 bits per heavy atom. The van der Waals surface area contributed by atoms with Gasteiger partial charge in [-0.1, -0.05) is 77.9 Å². The maximum atomic E-state index is 13.0. The summed E-state index contributed by atoms with van der Waals surface area (Å²) in [6.45, 7) is 11.1. The molecule has 4 atom stereocenters. The summed E-state index contributed by atoms with van der Waals surface area (Å²) >= 11 is 0. The third-order valence-electron chi connectivity index (χ3n) is 8.22. The molecule has 0 bridgehead atoms. The van der Waals surface area contributed by atoms with E-state index in [1.54, 1.807) is 0 Å². The van der Waals surface area contributed by atoms with Crippen LogP contribution in [0.15, 0.2) is 12.2 Å². The molecule has 0 heterocycles. The highest BCUT2D eigenvalue weighted by molar-refractivity contribution is 6.74. The number of hydrogen-bond acceptors (Lipinski definition) is 4. The van der Waals surface area contributed by atoms with Crippen molar-refractivity contribution in [3.63, 3.8) is 0 Å². The minimum Gasteiger partial charge on any atom is -0.481 e. The second-order valence-corrected chi connectivity index (χ2v) is 16.7. The third kappa shape index (κ3) is 8.95. The summed E-state index contributed by atoms with van der Waals surface area (Å²) in [5.41, 5.74) is 0. The highest BCUT2D eigenvalue weighted by Crippen LogP contribution is 2.43. The monoisotopic (exact) mass is 480 g/mol. The molecule has 33 heavy (non-hydrogen) atoms. The van der Waals surface area contributed by atoms with Gasteiger partial charge in [-0.15, -0.1) is 0 Å². The average molecular weight is 481 g/mol. The Balaban J connectivity index is 2.03. The summed E-state index contributed by atoms with van der Waals surface area (Å²) < 4.78 is 6.73.